The van der Waals surface area contributed by atoms with Gasteiger partial charge < -0.3 is 10.2 Å². The molecular weight excluding hydrogens is 304 g/mol. The van der Waals surface area contributed by atoms with Crippen LogP contribution < -0.4 is 10.2 Å². The van der Waals surface area contributed by atoms with Gasteiger partial charge in [-0.1, -0.05) is 12.8 Å². The van der Waals surface area contributed by atoms with Crippen molar-refractivity contribution in [1.82, 2.24) is 9.97 Å². The molecule has 1 saturated carbocycles. The fourth-order valence-electron chi connectivity index (χ4n) is 3.57. The molecule has 1 aliphatic carbocycles. The normalized spacial score (nSPS) is 26.9. The van der Waals surface area contributed by atoms with E-state index in [1.165, 1.54) is 38.5 Å². The smallest absolute Gasteiger partial charge is 0.224 e. The Bertz CT molecular complexity index is 449. The summed E-state index contributed by atoms with van der Waals surface area (Å²) >= 11 is 3.62. The molecule has 2 aliphatic rings. The number of rotatable bonds is 2. The molecule has 2 fully saturated rings. The third kappa shape index (κ3) is 2.57. The summed E-state index contributed by atoms with van der Waals surface area (Å²) in [5.41, 5.74) is 0. The Labute approximate surface area is 123 Å². The third-order valence-electron chi connectivity index (χ3n) is 4.46. The van der Waals surface area contributed by atoms with Gasteiger partial charge in [-0.2, -0.15) is 4.98 Å². The van der Waals surface area contributed by atoms with Crippen molar-refractivity contribution in [3.05, 3.63) is 10.7 Å². The van der Waals surface area contributed by atoms with E-state index in [1.807, 2.05) is 13.2 Å². The molecule has 1 aliphatic heterocycles. The molecule has 2 heterocycles. The van der Waals surface area contributed by atoms with Gasteiger partial charge in [-0.05, 0) is 47.5 Å². The summed E-state index contributed by atoms with van der Waals surface area (Å²) in [4.78, 5) is 11.4. The second-order valence-corrected chi connectivity index (χ2v) is 6.42. The quantitative estimate of drug-likeness (QED) is 0.904. The largest absolute Gasteiger partial charge is 0.357 e. The second-order valence-electron chi connectivity index (χ2n) is 5.56. The van der Waals surface area contributed by atoms with Gasteiger partial charge in [0.2, 0.25) is 5.95 Å². The van der Waals surface area contributed by atoms with Crippen molar-refractivity contribution in [2.45, 2.75) is 44.6 Å². The van der Waals surface area contributed by atoms with E-state index >= 15 is 0 Å². The first-order valence-corrected chi connectivity index (χ1v) is 8.06. The molecule has 1 aromatic rings. The molecule has 0 radical (unpaired) electrons. The van der Waals surface area contributed by atoms with E-state index in [2.05, 4.69) is 36.1 Å². The molecule has 104 valence electrons. The van der Waals surface area contributed by atoms with Gasteiger partial charge >= 0.3 is 0 Å². The van der Waals surface area contributed by atoms with Crippen molar-refractivity contribution in [3.63, 3.8) is 0 Å². The Morgan fingerprint density at radius 2 is 2.05 bits per heavy atom. The van der Waals surface area contributed by atoms with Crippen molar-refractivity contribution < 1.29 is 0 Å². The lowest BCUT2D eigenvalue weighted by atomic mass is 9.78. The maximum absolute atomic E-state index is 4.66. The van der Waals surface area contributed by atoms with Gasteiger partial charge in [-0.25, -0.2) is 4.98 Å². The van der Waals surface area contributed by atoms with Crippen LogP contribution in [0.3, 0.4) is 0 Å². The highest BCUT2D eigenvalue weighted by Crippen LogP contribution is 2.39. The second kappa shape index (κ2) is 5.65. The zero-order valence-corrected chi connectivity index (χ0v) is 13.0. The van der Waals surface area contributed by atoms with E-state index in [0.29, 0.717) is 12.0 Å². The number of piperidine rings is 1. The summed E-state index contributed by atoms with van der Waals surface area (Å²) < 4.78 is 1.01. The molecular formula is C14H21BrN4. The predicted molar refractivity (Wildman–Crippen MR) is 81.6 cm³/mol. The maximum Gasteiger partial charge on any atom is 0.224 e. The predicted octanol–water partition coefficient (Wildman–Crippen LogP) is 3.44. The Hall–Kier alpha value is -0.840. The van der Waals surface area contributed by atoms with E-state index in [-0.39, 0.29) is 0 Å². The van der Waals surface area contributed by atoms with Crippen LogP contribution in [0.25, 0.3) is 0 Å². The van der Waals surface area contributed by atoms with Crippen molar-refractivity contribution in [3.8, 4) is 0 Å². The van der Waals surface area contributed by atoms with E-state index in [1.54, 1.807) is 0 Å². The minimum Gasteiger partial charge on any atom is -0.357 e. The molecule has 0 amide bonds. The molecule has 3 rings (SSSR count). The van der Waals surface area contributed by atoms with Gasteiger partial charge in [0.05, 0.1) is 4.47 Å². The first kappa shape index (κ1) is 13.2. The van der Waals surface area contributed by atoms with Gasteiger partial charge in [0.15, 0.2) is 0 Å². The fraction of sp³-hybridized carbons (Fsp3) is 0.714. The van der Waals surface area contributed by atoms with Crippen LogP contribution in [0.1, 0.15) is 38.5 Å². The molecule has 0 aromatic carbocycles. The van der Waals surface area contributed by atoms with Crippen molar-refractivity contribution in [2.75, 3.05) is 23.8 Å². The Morgan fingerprint density at radius 1 is 1.26 bits per heavy atom. The summed E-state index contributed by atoms with van der Waals surface area (Å²) in [6.07, 6.45) is 10.0. The molecule has 0 bridgehead atoms. The maximum atomic E-state index is 4.66. The summed E-state index contributed by atoms with van der Waals surface area (Å²) in [6, 6.07) is 0.679. The monoisotopic (exact) mass is 324 g/mol. The molecule has 1 saturated heterocycles. The molecule has 1 aromatic heterocycles. The highest BCUT2D eigenvalue weighted by Gasteiger charge is 2.34. The SMILES string of the molecule is CNc1ncc(Br)c(N2CCCC3CCCCC32)n1. The van der Waals surface area contributed by atoms with Gasteiger partial charge in [-0.15, -0.1) is 0 Å². The first-order chi connectivity index (χ1) is 9.29. The first-order valence-electron chi connectivity index (χ1n) is 7.26. The molecule has 5 heteroatoms. The summed E-state index contributed by atoms with van der Waals surface area (Å²) in [7, 11) is 1.87. The van der Waals surface area contributed by atoms with Crippen LogP contribution in [0, 0.1) is 5.92 Å². The zero-order chi connectivity index (χ0) is 13.2. The van der Waals surface area contributed by atoms with Gasteiger partial charge in [0.25, 0.3) is 0 Å². The Balaban J connectivity index is 1.91. The molecule has 2 unspecified atom stereocenters. The van der Waals surface area contributed by atoms with Crippen LogP contribution >= 0.6 is 15.9 Å². The van der Waals surface area contributed by atoms with Crippen LogP contribution in [0.5, 0.6) is 0 Å². The summed E-state index contributed by atoms with van der Waals surface area (Å²) in [5.74, 6) is 2.63. The lowest BCUT2D eigenvalue weighted by Gasteiger charge is -2.45. The Kier molecular flexibility index (Phi) is 3.91. The average Bonchev–Trinajstić information content (AvgIpc) is 2.47. The number of halogens is 1. The average molecular weight is 325 g/mol. The van der Waals surface area contributed by atoms with Crippen LogP contribution in [-0.2, 0) is 0 Å². The highest BCUT2D eigenvalue weighted by atomic mass is 79.9. The number of nitrogens with zero attached hydrogens (tertiary/aromatic N) is 3. The van der Waals surface area contributed by atoms with E-state index in [9.17, 15) is 0 Å². The molecule has 19 heavy (non-hydrogen) atoms. The van der Waals surface area contributed by atoms with Crippen molar-refractivity contribution in [2.24, 2.45) is 5.92 Å². The van der Waals surface area contributed by atoms with Crippen molar-refractivity contribution >= 4 is 27.7 Å². The number of fused-ring (bicyclic) bond motifs is 1. The van der Waals surface area contributed by atoms with Gasteiger partial charge in [0, 0.05) is 25.8 Å². The van der Waals surface area contributed by atoms with Crippen LogP contribution in [0.4, 0.5) is 11.8 Å². The highest BCUT2D eigenvalue weighted by molar-refractivity contribution is 9.10. The van der Waals surface area contributed by atoms with Gasteiger partial charge in [0.1, 0.15) is 5.82 Å². The van der Waals surface area contributed by atoms with E-state index in [0.717, 1.165) is 22.8 Å². The van der Waals surface area contributed by atoms with Gasteiger partial charge in [-0.3, -0.25) is 0 Å². The van der Waals surface area contributed by atoms with Crippen LogP contribution in [0.2, 0.25) is 0 Å². The fourth-order valence-corrected chi connectivity index (χ4v) is 3.99. The lowest BCUT2D eigenvalue weighted by molar-refractivity contribution is 0.242. The molecule has 1 N–H and O–H groups in total. The zero-order valence-electron chi connectivity index (χ0n) is 11.4. The van der Waals surface area contributed by atoms with Crippen molar-refractivity contribution in [1.29, 1.82) is 0 Å². The topological polar surface area (TPSA) is 41.1 Å². The lowest BCUT2D eigenvalue weighted by Crippen LogP contribution is -2.47. The summed E-state index contributed by atoms with van der Waals surface area (Å²) in [6.45, 7) is 1.12. The molecule has 4 nitrogen and oxygen atoms in total. The van der Waals surface area contributed by atoms with Crippen LogP contribution in [0.15, 0.2) is 10.7 Å². The number of nitrogens with one attached hydrogen (secondary N) is 1. The van der Waals surface area contributed by atoms with E-state index < -0.39 is 0 Å². The minimum atomic E-state index is 0.679. The Morgan fingerprint density at radius 3 is 2.89 bits per heavy atom. The summed E-state index contributed by atoms with van der Waals surface area (Å²) in [5, 5.41) is 3.04. The number of anilines is 2. The standard InChI is InChI=1S/C14H21BrN4/c1-16-14-17-9-11(15)13(18-14)19-8-4-6-10-5-2-3-7-12(10)19/h9-10,12H,2-8H2,1H3,(H,16,17,18). The number of aromatic nitrogens is 2. The van der Waals surface area contributed by atoms with E-state index in [4.69, 9.17) is 0 Å². The third-order valence-corrected chi connectivity index (χ3v) is 5.02. The van der Waals surface area contributed by atoms with Crippen LogP contribution in [-0.4, -0.2) is 29.6 Å². The minimum absolute atomic E-state index is 0.679. The molecule has 2 atom stereocenters. The molecule has 0 spiro atoms. The number of hydrogen-bond acceptors (Lipinski definition) is 4. The number of hydrogen-bond donors (Lipinski definition) is 1.